The molecule has 2 nitrogen and oxygen atoms in total. The first-order chi connectivity index (χ1) is 16.9. The highest BCUT2D eigenvalue weighted by Crippen LogP contribution is 2.35. The van der Waals surface area contributed by atoms with Crippen molar-refractivity contribution in [2.45, 2.75) is 0 Å². The predicted molar refractivity (Wildman–Crippen MR) is 141 cm³/mol. The lowest BCUT2D eigenvalue weighted by atomic mass is 10.1. The van der Waals surface area contributed by atoms with Crippen molar-refractivity contribution < 1.29 is 0 Å². The van der Waals surface area contributed by atoms with Crippen LogP contribution in [0.5, 0.6) is 0 Å². The smallest absolute Gasteiger partial charge is 0.0534 e. The van der Waals surface area contributed by atoms with E-state index < -0.39 is 0 Å². The molecular formula is C32H24N2. The number of aromatic nitrogens is 2. The van der Waals surface area contributed by atoms with Crippen LogP contribution in [0.1, 0.15) is 0 Å². The maximum atomic E-state index is 2.29. The molecule has 0 aliphatic rings. The number of rotatable bonds is 5. The van der Waals surface area contributed by atoms with E-state index in [1.54, 1.807) is 0 Å². The van der Waals surface area contributed by atoms with Crippen LogP contribution in [0.25, 0.3) is 45.0 Å². The van der Waals surface area contributed by atoms with Crippen molar-refractivity contribution in [3.8, 4) is 45.0 Å². The third-order valence-corrected chi connectivity index (χ3v) is 6.18. The highest BCUT2D eigenvalue weighted by Gasteiger charge is 2.15. The maximum Gasteiger partial charge on any atom is 0.0534 e. The zero-order chi connectivity index (χ0) is 22.7. The molecule has 2 heteroatoms. The fraction of sp³-hybridized carbons (Fsp3) is 0. The second-order valence-electron chi connectivity index (χ2n) is 8.37. The van der Waals surface area contributed by atoms with Gasteiger partial charge in [-0.3, -0.25) is 0 Å². The van der Waals surface area contributed by atoms with Crippen LogP contribution in [0, 0.1) is 0 Å². The van der Waals surface area contributed by atoms with Crippen molar-refractivity contribution in [1.29, 1.82) is 0 Å². The van der Waals surface area contributed by atoms with Crippen LogP contribution < -0.4 is 0 Å². The largest absolute Gasteiger partial charge is 0.316 e. The Morgan fingerprint density at radius 2 is 0.647 bits per heavy atom. The lowest BCUT2D eigenvalue weighted by molar-refractivity contribution is 1.08. The van der Waals surface area contributed by atoms with E-state index in [0.29, 0.717) is 0 Å². The lowest BCUT2D eigenvalue weighted by Gasteiger charge is -2.09. The fourth-order valence-corrected chi connectivity index (χ4v) is 4.51. The second-order valence-corrected chi connectivity index (χ2v) is 8.37. The minimum Gasteiger partial charge on any atom is -0.316 e. The van der Waals surface area contributed by atoms with Crippen molar-refractivity contribution in [2.24, 2.45) is 0 Å². The van der Waals surface area contributed by atoms with Crippen LogP contribution in [-0.2, 0) is 0 Å². The third-order valence-electron chi connectivity index (χ3n) is 6.18. The Morgan fingerprint density at radius 3 is 1.00 bits per heavy atom. The quantitative estimate of drug-likeness (QED) is 0.257. The number of hydrogen-bond acceptors (Lipinski definition) is 0. The first-order valence-corrected chi connectivity index (χ1v) is 11.5. The molecule has 0 bridgehead atoms. The van der Waals surface area contributed by atoms with Crippen molar-refractivity contribution in [3.63, 3.8) is 0 Å². The molecule has 0 radical (unpaired) electrons. The third kappa shape index (κ3) is 3.76. The van der Waals surface area contributed by atoms with Gasteiger partial charge in [0.1, 0.15) is 0 Å². The molecule has 0 saturated carbocycles. The summed E-state index contributed by atoms with van der Waals surface area (Å²) in [6.07, 6.45) is 4.49. The van der Waals surface area contributed by atoms with E-state index in [9.17, 15) is 0 Å². The summed E-state index contributed by atoms with van der Waals surface area (Å²) in [5.41, 5.74) is 9.43. The Balaban J connectivity index is 1.54. The zero-order valence-corrected chi connectivity index (χ0v) is 18.8. The minimum absolute atomic E-state index is 1.15. The predicted octanol–water partition coefficient (Wildman–Crippen LogP) is 8.27. The van der Waals surface area contributed by atoms with Gasteiger partial charge in [-0.25, -0.2) is 0 Å². The van der Waals surface area contributed by atoms with Gasteiger partial charge in [-0.1, -0.05) is 97.1 Å². The van der Waals surface area contributed by atoms with E-state index in [0.717, 1.165) is 11.4 Å². The molecule has 162 valence electrons. The van der Waals surface area contributed by atoms with Gasteiger partial charge in [0.25, 0.3) is 0 Å². The van der Waals surface area contributed by atoms with Gasteiger partial charge in [-0.05, 0) is 47.5 Å². The summed E-state index contributed by atoms with van der Waals surface area (Å²) < 4.78 is 4.57. The highest BCUT2D eigenvalue weighted by atomic mass is 15.0. The van der Waals surface area contributed by atoms with Gasteiger partial charge in [0, 0.05) is 34.9 Å². The molecule has 0 amide bonds. The van der Waals surface area contributed by atoms with E-state index in [2.05, 4.69) is 155 Å². The van der Waals surface area contributed by atoms with Crippen LogP contribution in [0.3, 0.4) is 0 Å². The van der Waals surface area contributed by atoms with E-state index in [4.69, 9.17) is 0 Å². The maximum absolute atomic E-state index is 2.29. The average Bonchev–Trinajstić information content (AvgIpc) is 3.56. The van der Waals surface area contributed by atoms with Gasteiger partial charge >= 0.3 is 0 Å². The minimum atomic E-state index is 1.15. The Morgan fingerprint density at radius 1 is 0.324 bits per heavy atom. The zero-order valence-electron chi connectivity index (χ0n) is 18.8. The summed E-state index contributed by atoms with van der Waals surface area (Å²) >= 11 is 0. The Kier molecular flexibility index (Phi) is 5.17. The molecule has 0 aliphatic carbocycles. The van der Waals surface area contributed by atoms with E-state index in [1.165, 1.54) is 33.6 Å². The summed E-state index contributed by atoms with van der Waals surface area (Å²) in [7, 11) is 0. The van der Waals surface area contributed by atoms with Crippen LogP contribution in [-0.4, -0.2) is 9.13 Å². The van der Waals surface area contributed by atoms with Crippen LogP contribution in [0.15, 0.2) is 146 Å². The molecule has 34 heavy (non-hydrogen) atoms. The number of para-hydroxylation sites is 2. The van der Waals surface area contributed by atoms with Gasteiger partial charge in [-0.15, -0.1) is 0 Å². The monoisotopic (exact) mass is 436 g/mol. The van der Waals surface area contributed by atoms with E-state index in [-0.39, 0.29) is 0 Å². The SMILES string of the molecule is c1ccc(-c2cc(-c3cc(-c4ccccc4)n(-c4ccccc4)c3)cn2-c2ccccc2)cc1. The molecule has 0 fully saturated rings. The van der Waals surface area contributed by atoms with Gasteiger partial charge < -0.3 is 9.13 Å². The molecule has 2 aromatic heterocycles. The molecule has 6 rings (SSSR count). The van der Waals surface area contributed by atoms with E-state index >= 15 is 0 Å². The fourth-order valence-electron chi connectivity index (χ4n) is 4.51. The number of nitrogens with zero attached hydrogens (tertiary/aromatic N) is 2. The molecule has 4 aromatic carbocycles. The molecule has 0 unspecified atom stereocenters. The molecule has 0 saturated heterocycles. The molecular weight excluding hydrogens is 412 g/mol. The molecule has 6 aromatic rings. The molecule has 0 aliphatic heterocycles. The Bertz CT molecular complexity index is 1280. The summed E-state index contributed by atoms with van der Waals surface area (Å²) in [6.45, 7) is 0. The lowest BCUT2D eigenvalue weighted by Crippen LogP contribution is -1.94. The van der Waals surface area contributed by atoms with Crippen molar-refractivity contribution in [3.05, 3.63) is 146 Å². The Hall–Kier alpha value is -4.56. The average molecular weight is 437 g/mol. The standard InChI is InChI=1S/C32H24N2/c1-5-13-25(14-6-1)31-21-27(23-33(31)29-17-9-3-10-18-29)28-22-32(26-15-7-2-8-16-26)34(24-28)30-19-11-4-12-20-30/h1-24H. The number of benzene rings is 4. The van der Waals surface area contributed by atoms with Crippen molar-refractivity contribution >= 4 is 0 Å². The van der Waals surface area contributed by atoms with Crippen LogP contribution in [0.4, 0.5) is 0 Å². The second kappa shape index (κ2) is 8.76. The first-order valence-electron chi connectivity index (χ1n) is 11.5. The summed E-state index contributed by atoms with van der Waals surface area (Å²) in [5.74, 6) is 0. The van der Waals surface area contributed by atoms with Crippen LogP contribution in [0.2, 0.25) is 0 Å². The van der Waals surface area contributed by atoms with Crippen molar-refractivity contribution in [2.75, 3.05) is 0 Å². The summed E-state index contributed by atoms with van der Waals surface area (Å²) in [5, 5.41) is 0. The molecule has 0 atom stereocenters. The first kappa shape index (κ1) is 20.1. The molecule has 0 spiro atoms. The van der Waals surface area contributed by atoms with E-state index in [1.807, 2.05) is 0 Å². The van der Waals surface area contributed by atoms with Gasteiger partial charge in [0.05, 0.1) is 11.4 Å². The van der Waals surface area contributed by atoms with Gasteiger partial charge in [0.2, 0.25) is 0 Å². The highest BCUT2D eigenvalue weighted by molar-refractivity contribution is 5.78. The topological polar surface area (TPSA) is 9.86 Å². The van der Waals surface area contributed by atoms with Crippen molar-refractivity contribution in [1.82, 2.24) is 9.13 Å². The molecule has 2 heterocycles. The van der Waals surface area contributed by atoms with Gasteiger partial charge in [-0.2, -0.15) is 0 Å². The number of hydrogen-bond donors (Lipinski definition) is 0. The Labute approximate surface area is 200 Å². The summed E-state index contributed by atoms with van der Waals surface area (Å²) in [6, 6.07) is 46.8. The van der Waals surface area contributed by atoms with Gasteiger partial charge in [0.15, 0.2) is 0 Å². The molecule has 0 N–H and O–H groups in total. The van der Waals surface area contributed by atoms with Crippen LogP contribution >= 0.6 is 0 Å². The normalized spacial score (nSPS) is 10.9. The summed E-state index contributed by atoms with van der Waals surface area (Å²) in [4.78, 5) is 0.